The number of phosphoric ester groups is 2. The minimum Gasteiger partial charge on any atom is -0.462 e. The van der Waals surface area contributed by atoms with Crippen molar-refractivity contribution in [1.82, 2.24) is 0 Å². The number of hydrogen-bond donors (Lipinski definition) is 3. The average molecular weight is 1450 g/mol. The molecule has 0 aliphatic carbocycles. The number of allylic oxidation sites excluding steroid dienone is 18. The smallest absolute Gasteiger partial charge is 0.462 e. The van der Waals surface area contributed by atoms with Gasteiger partial charge < -0.3 is 33.8 Å². The number of phosphoric acid groups is 2. The highest BCUT2D eigenvalue weighted by Gasteiger charge is 2.30. The summed E-state index contributed by atoms with van der Waals surface area (Å²) in [5.41, 5.74) is 0. The Labute approximate surface area is 607 Å². The van der Waals surface area contributed by atoms with Crippen molar-refractivity contribution in [2.24, 2.45) is 0 Å². The van der Waals surface area contributed by atoms with Crippen LogP contribution in [-0.2, 0) is 65.4 Å². The predicted octanol–water partition coefficient (Wildman–Crippen LogP) is 22.6. The van der Waals surface area contributed by atoms with E-state index in [0.717, 1.165) is 173 Å². The van der Waals surface area contributed by atoms with Gasteiger partial charge in [-0.1, -0.05) is 259 Å². The van der Waals surface area contributed by atoms with E-state index in [1.54, 1.807) is 0 Å². The van der Waals surface area contributed by atoms with Gasteiger partial charge in [-0.3, -0.25) is 37.3 Å². The number of aliphatic hydroxyl groups is 1. The quantitative estimate of drug-likeness (QED) is 0.0169. The highest BCUT2D eigenvalue weighted by atomic mass is 31.2. The summed E-state index contributed by atoms with van der Waals surface area (Å²) in [6.45, 7) is 4.63. The molecule has 0 saturated carbocycles. The van der Waals surface area contributed by atoms with Crippen LogP contribution >= 0.6 is 15.6 Å². The zero-order valence-electron chi connectivity index (χ0n) is 62.8. The standard InChI is InChI=1S/C81H140O17P2/c1-5-9-13-17-21-25-29-32-35-36-37-38-41-43-47-50-54-58-62-66-79(84)92-72-77(98-81(86)68-64-60-56-52-48-44-40-34-31-27-23-19-15-11-7-3)74-96-100(89,90)94-70-75(82)69-93-99(87,88)95-73-76(97-80(85)67-63-59-55-51-45-28-24-20-16-12-8-4)71-91-78(83)65-61-57-53-49-46-42-39-33-30-26-22-18-14-10-6-2/h9,13,20-21,23-25,27,32-35,37-40,43,47,75-77,82H,5-8,10-12,14-19,22,26,28-31,36,41-42,44-46,48-74H2,1-4H3,(H,87,88)(H,89,90)/b13-9-,24-20-,25-21-,27-23-,35-32-,38-37-,39-33-,40-34-,47-43-. The molecular formula is C81H140O17P2. The van der Waals surface area contributed by atoms with E-state index in [-0.39, 0.29) is 25.7 Å². The molecule has 0 spiro atoms. The van der Waals surface area contributed by atoms with Crippen molar-refractivity contribution in [1.29, 1.82) is 0 Å². The number of carbonyl (C=O) groups is 4. The Morgan fingerprint density at radius 3 is 0.870 bits per heavy atom. The summed E-state index contributed by atoms with van der Waals surface area (Å²) < 4.78 is 68.5. The van der Waals surface area contributed by atoms with Crippen LogP contribution in [0.2, 0.25) is 0 Å². The molecule has 0 saturated heterocycles. The Kier molecular flexibility index (Phi) is 69.9. The molecule has 0 heterocycles. The number of hydrogen-bond acceptors (Lipinski definition) is 15. The highest BCUT2D eigenvalue weighted by molar-refractivity contribution is 7.47. The Morgan fingerprint density at radius 1 is 0.290 bits per heavy atom. The molecule has 5 atom stereocenters. The number of rotatable bonds is 73. The van der Waals surface area contributed by atoms with Gasteiger partial charge >= 0.3 is 39.5 Å². The predicted molar refractivity (Wildman–Crippen MR) is 408 cm³/mol. The summed E-state index contributed by atoms with van der Waals surface area (Å²) >= 11 is 0. The van der Waals surface area contributed by atoms with Gasteiger partial charge in [0.25, 0.3) is 0 Å². The number of carbonyl (C=O) groups excluding carboxylic acids is 4. The van der Waals surface area contributed by atoms with Crippen LogP contribution in [0.15, 0.2) is 109 Å². The Morgan fingerprint density at radius 2 is 0.530 bits per heavy atom. The lowest BCUT2D eigenvalue weighted by Gasteiger charge is -2.21. The summed E-state index contributed by atoms with van der Waals surface area (Å²) in [5, 5.41) is 10.6. The molecule has 0 aliphatic heterocycles. The first-order valence-corrected chi connectivity index (χ1v) is 42.1. The molecule has 0 rings (SSSR count). The van der Waals surface area contributed by atoms with Crippen molar-refractivity contribution in [3.63, 3.8) is 0 Å². The van der Waals surface area contributed by atoms with E-state index < -0.39 is 97.5 Å². The summed E-state index contributed by atoms with van der Waals surface area (Å²) in [7, 11) is -9.97. The lowest BCUT2D eigenvalue weighted by molar-refractivity contribution is -0.161. The first-order chi connectivity index (χ1) is 48.7. The average Bonchev–Trinajstić information content (AvgIpc) is 0.985. The topological polar surface area (TPSA) is 237 Å². The molecular weight excluding hydrogens is 1310 g/mol. The second kappa shape index (κ2) is 73.0. The van der Waals surface area contributed by atoms with Crippen molar-refractivity contribution in [2.75, 3.05) is 39.6 Å². The van der Waals surface area contributed by atoms with Gasteiger partial charge in [-0.05, 0) is 148 Å². The van der Waals surface area contributed by atoms with Crippen LogP contribution in [-0.4, -0.2) is 96.7 Å². The SMILES string of the molecule is CC/C=C\C/C=C\C/C=C\C/C=C\C/C=C\CCCCCC(=O)OCC(COP(=O)(O)OCC(O)COP(=O)(O)OCC(COC(=O)CCCCCCC/C=C\CCCCCCCC)OC(=O)CCCCCCC/C=C\CCCC)OC(=O)CCCCCCC/C=C\C/C=C\CCCCC. The fourth-order valence-corrected chi connectivity index (χ4v) is 11.8. The van der Waals surface area contributed by atoms with Crippen molar-refractivity contribution in [3.05, 3.63) is 109 Å². The van der Waals surface area contributed by atoms with Gasteiger partial charge in [0.05, 0.1) is 26.4 Å². The molecule has 0 radical (unpaired) electrons. The monoisotopic (exact) mass is 1450 g/mol. The molecule has 0 fully saturated rings. The van der Waals surface area contributed by atoms with E-state index >= 15 is 0 Å². The van der Waals surface area contributed by atoms with Gasteiger partial charge in [0.1, 0.15) is 19.3 Å². The molecule has 0 aromatic heterocycles. The molecule has 0 aromatic carbocycles. The fourth-order valence-electron chi connectivity index (χ4n) is 10.2. The van der Waals surface area contributed by atoms with Gasteiger partial charge in [-0.2, -0.15) is 0 Å². The van der Waals surface area contributed by atoms with Gasteiger partial charge in [0.15, 0.2) is 12.2 Å². The third-order valence-electron chi connectivity index (χ3n) is 16.2. The van der Waals surface area contributed by atoms with Crippen molar-refractivity contribution in [2.45, 2.75) is 341 Å². The van der Waals surface area contributed by atoms with E-state index in [2.05, 4.69) is 137 Å². The summed E-state index contributed by atoms with van der Waals surface area (Å²) in [4.78, 5) is 72.9. The highest BCUT2D eigenvalue weighted by Crippen LogP contribution is 2.45. The minimum absolute atomic E-state index is 0.0697. The largest absolute Gasteiger partial charge is 0.472 e. The van der Waals surface area contributed by atoms with Gasteiger partial charge in [0, 0.05) is 25.7 Å². The molecule has 0 aromatic rings. The van der Waals surface area contributed by atoms with Crippen LogP contribution in [0, 0.1) is 0 Å². The Hall–Kier alpha value is -4.28. The van der Waals surface area contributed by atoms with Crippen LogP contribution < -0.4 is 0 Å². The summed E-state index contributed by atoms with van der Waals surface area (Å²) in [5.74, 6) is -2.24. The Balaban J connectivity index is 5.37. The van der Waals surface area contributed by atoms with Crippen LogP contribution in [0.1, 0.15) is 323 Å². The molecule has 17 nitrogen and oxygen atoms in total. The normalized spacial score (nSPS) is 14.5. The third kappa shape index (κ3) is 72.1. The van der Waals surface area contributed by atoms with Crippen LogP contribution in [0.3, 0.4) is 0 Å². The number of esters is 4. The number of unbranched alkanes of at least 4 members (excludes halogenated alkanes) is 29. The first-order valence-electron chi connectivity index (χ1n) is 39.1. The zero-order chi connectivity index (χ0) is 73.2. The fraction of sp³-hybridized carbons (Fsp3) is 0.728. The number of ether oxygens (including phenoxy) is 4. The summed E-state index contributed by atoms with van der Waals surface area (Å²) in [6.07, 6.45) is 77.9. The van der Waals surface area contributed by atoms with E-state index in [4.69, 9.17) is 37.0 Å². The van der Waals surface area contributed by atoms with E-state index in [9.17, 15) is 43.2 Å². The Bertz CT molecular complexity index is 2320. The molecule has 100 heavy (non-hydrogen) atoms. The lowest BCUT2D eigenvalue weighted by Crippen LogP contribution is -2.30. The molecule has 576 valence electrons. The second-order valence-corrected chi connectivity index (χ2v) is 28.8. The van der Waals surface area contributed by atoms with Crippen LogP contribution in [0.5, 0.6) is 0 Å². The number of aliphatic hydroxyl groups excluding tert-OH is 1. The zero-order valence-corrected chi connectivity index (χ0v) is 64.6. The van der Waals surface area contributed by atoms with Crippen molar-refractivity contribution in [3.8, 4) is 0 Å². The van der Waals surface area contributed by atoms with E-state index in [1.165, 1.54) is 70.6 Å². The maximum atomic E-state index is 13.1. The van der Waals surface area contributed by atoms with Gasteiger partial charge in [-0.25, -0.2) is 9.13 Å². The maximum Gasteiger partial charge on any atom is 0.472 e. The third-order valence-corrected chi connectivity index (χ3v) is 18.1. The molecule has 0 amide bonds. The van der Waals surface area contributed by atoms with Gasteiger partial charge in [0.2, 0.25) is 0 Å². The van der Waals surface area contributed by atoms with Crippen LogP contribution in [0.4, 0.5) is 0 Å². The molecule has 3 N–H and O–H groups in total. The molecule has 0 bridgehead atoms. The van der Waals surface area contributed by atoms with E-state index in [0.29, 0.717) is 25.7 Å². The van der Waals surface area contributed by atoms with Gasteiger partial charge in [-0.15, -0.1) is 0 Å². The maximum absolute atomic E-state index is 13.1. The first kappa shape index (κ1) is 95.7. The second-order valence-electron chi connectivity index (χ2n) is 25.9. The van der Waals surface area contributed by atoms with Crippen LogP contribution in [0.25, 0.3) is 0 Å². The molecule has 5 unspecified atom stereocenters. The minimum atomic E-state index is -4.99. The van der Waals surface area contributed by atoms with Crippen molar-refractivity contribution >= 4 is 39.5 Å². The lowest BCUT2D eigenvalue weighted by atomic mass is 10.1. The van der Waals surface area contributed by atoms with Crippen molar-refractivity contribution < 1.29 is 80.2 Å². The van der Waals surface area contributed by atoms with E-state index in [1.807, 2.05) is 0 Å². The molecule has 19 heteroatoms. The summed E-state index contributed by atoms with van der Waals surface area (Å²) in [6, 6.07) is 0. The molecule has 0 aliphatic rings.